The second-order valence-corrected chi connectivity index (χ2v) is 5.40. The lowest BCUT2D eigenvalue weighted by molar-refractivity contribution is -0.122. The summed E-state index contributed by atoms with van der Waals surface area (Å²) in [5.74, 6) is 0.952. The minimum atomic E-state index is -0.178. The van der Waals surface area contributed by atoms with Crippen LogP contribution < -0.4 is 10.6 Å². The van der Waals surface area contributed by atoms with Gasteiger partial charge in [-0.2, -0.15) is 0 Å². The zero-order chi connectivity index (χ0) is 14.1. The molecule has 1 saturated carbocycles. The van der Waals surface area contributed by atoms with Crippen LogP contribution in [-0.2, 0) is 9.53 Å². The van der Waals surface area contributed by atoms with E-state index in [9.17, 15) is 9.90 Å². The van der Waals surface area contributed by atoms with Crippen LogP contribution in [0.5, 0.6) is 0 Å². The number of amides is 1. The summed E-state index contributed by atoms with van der Waals surface area (Å²) in [6.07, 6.45) is 4.29. The lowest BCUT2D eigenvalue weighted by Gasteiger charge is -2.21. The highest BCUT2D eigenvalue weighted by molar-refractivity contribution is 5.81. The molecule has 1 aliphatic rings. The number of carbonyl (C=O) groups is 1. The van der Waals surface area contributed by atoms with Crippen molar-refractivity contribution >= 4 is 5.91 Å². The molecule has 1 aliphatic carbocycles. The van der Waals surface area contributed by atoms with E-state index in [1.165, 1.54) is 6.42 Å². The van der Waals surface area contributed by atoms with Crippen LogP contribution in [0.2, 0.25) is 0 Å². The van der Waals surface area contributed by atoms with Crippen LogP contribution >= 0.6 is 0 Å². The molecule has 0 bridgehead atoms. The molecule has 1 fully saturated rings. The van der Waals surface area contributed by atoms with Crippen molar-refractivity contribution in [3.8, 4) is 0 Å². The van der Waals surface area contributed by atoms with Crippen LogP contribution in [0.1, 0.15) is 32.6 Å². The van der Waals surface area contributed by atoms with Gasteiger partial charge in [-0.1, -0.05) is 6.42 Å². The number of nitrogens with one attached hydrogen (secondary N) is 2. The van der Waals surface area contributed by atoms with Crippen molar-refractivity contribution in [3.63, 3.8) is 0 Å². The molecule has 0 saturated heterocycles. The molecule has 3 atom stereocenters. The Bertz CT molecular complexity index is 261. The summed E-state index contributed by atoms with van der Waals surface area (Å²) in [5.41, 5.74) is 0. The summed E-state index contributed by atoms with van der Waals surface area (Å²) >= 11 is 0. The molecule has 0 radical (unpaired) electrons. The maximum Gasteiger partial charge on any atom is 0.236 e. The van der Waals surface area contributed by atoms with Crippen molar-refractivity contribution in [2.24, 2.45) is 11.8 Å². The van der Waals surface area contributed by atoms with Crippen LogP contribution in [0.4, 0.5) is 0 Å². The molecule has 1 amide bonds. The Hall–Kier alpha value is -0.650. The predicted molar refractivity (Wildman–Crippen MR) is 74.9 cm³/mol. The minimum Gasteiger partial charge on any atom is -0.396 e. The molecule has 0 spiro atoms. The summed E-state index contributed by atoms with van der Waals surface area (Å²) in [5, 5.41) is 15.4. The van der Waals surface area contributed by atoms with Gasteiger partial charge < -0.3 is 20.5 Å². The quantitative estimate of drug-likeness (QED) is 0.535. The van der Waals surface area contributed by atoms with Gasteiger partial charge in [0.2, 0.25) is 5.91 Å². The first-order chi connectivity index (χ1) is 9.19. The average Bonchev–Trinajstić information content (AvgIpc) is 2.88. The number of carbonyl (C=O) groups excluding carboxylic acids is 1. The van der Waals surface area contributed by atoms with Crippen LogP contribution in [0.3, 0.4) is 0 Å². The second-order valence-electron chi connectivity index (χ2n) is 5.40. The lowest BCUT2D eigenvalue weighted by Crippen LogP contribution is -2.44. The third kappa shape index (κ3) is 5.89. The van der Waals surface area contributed by atoms with E-state index in [1.54, 1.807) is 7.11 Å². The number of rotatable bonds is 9. The molecule has 19 heavy (non-hydrogen) atoms. The van der Waals surface area contributed by atoms with Crippen molar-refractivity contribution in [2.45, 2.75) is 38.6 Å². The van der Waals surface area contributed by atoms with Crippen molar-refractivity contribution in [1.29, 1.82) is 0 Å². The van der Waals surface area contributed by atoms with Gasteiger partial charge in [0, 0.05) is 26.9 Å². The standard InChI is InChI=1S/C14H28N2O3/c1-11(14(18)15-7-4-8-19-2)16-9-12-5-3-6-13(12)10-17/h11-13,16-17H,3-10H2,1-2H3,(H,15,18). The van der Waals surface area contributed by atoms with Crippen LogP contribution in [0.25, 0.3) is 0 Å². The smallest absolute Gasteiger partial charge is 0.236 e. The van der Waals surface area contributed by atoms with Crippen molar-refractivity contribution in [3.05, 3.63) is 0 Å². The first kappa shape index (κ1) is 16.4. The topological polar surface area (TPSA) is 70.6 Å². The predicted octanol–water partition coefficient (Wildman–Crippen LogP) is 0.526. The van der Waals surface area contributed by atoms with Crippen molar-refractivity contribution in [2.75, 3.05) is 33.4 Å². The van der Waals surface area contributed by atoms with Gasteiger partial charge in [-0.25, -0.2) is 0 Å². The third-order valence-electron chi connectivity index (χ3n) is 3.95. The van der Waals surface area contributed by atoms with Gasteiger partial charge in [-0.05, 0) is 44.6 Å². The molecule has 5 nitrogen and oxygen atoms in total. The Morgan fingerprint density at radius 1 is 1.42 bits per heavy atom. The summed E-state index contributed by atoms with van der Waals surface area (Å²) < 4.78 is 4.93. The van der Waals surface area contributed by atoms with Gasteiger partial charge in [-0.15, -0.1) is 0 Å². The molecule has 3 N–H and O–H groups in total. The molecule has 0 aromatic heterocycles. The van der Waals surface area contributed by atoms with E-state index in [0.29, 0.717) is 25.0 Å². The number of aliphatic hydroxyl groups excluding tert-OH is 1. The number of aliphatic hydroxyl groups is 1. The summed E-state index contributed by atoms with van der Waals surface area (Å²) in [7, 11) is 1.66. The van der Waals surface area contributed by atoms with Crippen LogP contribution in [0, 0.1) is 11.8 Å². The maximum absolute atomic E-state index is 11.8. The van der Waals surface area contributed by atoms with Gasteiger partial charge in [0.25, 0.3) is 0 Å². The number of ether oxygens (including phenoxy) is 1. The largest absolute Gasteiger partial charge is 0.396 e. The fourth-order valence-electron chi connectivity index (χ4n) is 2.62. The van der Waals surface area contributed by atoms with E-state index >= 15 is 0 Å². The molecule has 3 unspecified atom stereocenters. The molecule has 0 aliphatic heterocycles. The maximum atomic E-state index is 11.8. The van der Waals surface area contributed by atoms with E-state index < -0.39 is 0 Å². The number of hydrogen-bond acceptors (Lipinski definition) is 4. The number of methoxy groups -OCH3 is 1. The highest BCUT2D eigenvalue weighted by Gasteiger charge is 2.27. The zero-order valence-corrected chi connectivity index (χ0v) is 12.2. The first-order valence-corrected chi connectivity index (χ1v) is 7.30. The van der Waals surface area contributed by atoms with Gasteiger partial charge in [-0.3, -0.25) is 4.79 Å². The lowest BCUT2D eigenvalue weighted by atomic mass is 9.97. The van der Waals surface area contributed by atoms with Gasteiger partial charge in [0.05, 0.1) is 6.04 Å². The third-order valence-corrected chi connectivity index (χ3v) is 3.95. The van der Waals surface area contributed by atoms with Crippen LogP contribution in [-0.4, -0.2) is 50.5 Å². The summed E-state index contributed by atoms with van der Waals surface area (Å²) in [6.45, 7) is 4.29. The highest BCUT2D eigenvalue weighted by atomic mass is 16.5. The molecule has 1 rings (SSSR count). The first-order valence-electron chi connectivity index (χ1n) is 7.30. The average molecular weight is 272 g/mol. The summed E-state index contributed by atoms with van der Waals surface area (Å²) in [6, 6.07) is -0.178. The Morgan fingerprint density at radius 2 is 2.16 bits per heavy atom. The molecular weight excluding hydrogens is 244 g/mol. The number of hydrogen-bond donors (Lipinski definition) is 3. The zero-order valence-electron chi connectivity index (χ0n) is 12.2. The Balaban J connectivity index is 2.15. The second kappa shape index (κ2) is 9.28. The normalized spacial score (nSPS) is 24.4. The van der Waals surface area contributed by atoms with E-state index in [-0.39, 0.29) is 18.6 Å². The molecule has 5 heteroatoms. The Kier molecular flexibility index (Phi) is 8.02. The van der Waals surface area contributed by atoms with Crippen molar-refractivity contribution < 1.29 is 14.6 Å². The van der Waals surface area contributed by atoms with E-state index in [0.717, 1.165) is 25.8 Å². The highest BCUT2D eigenvalue weighted by Crippen LogP contribution is 2.30. The van der Waals surface area contributed by atoms with Gasteiger partial charge in [0.1, 0.15) is 0 Å². The summed E-state index contributed by atoms with van der Waals surface area (Å²) in [4.78, 5) is 11.8. The Labute approximate surface area is 116 Å². The SMILES string of the molecule is COCCCNC(=O)C(C)NCC1CCCC1CO. The monoisotopic (exact) mass is 272 g/mol. The van der Waals surface area contributed by atoms with Gasteiger partial charge in [0.15, 0.2) is 0 Å². The molecule has 0 aromatic rings. The van der Waals surface area contributed by atoms with E-state index in [2.05, 4.69) is 10.6 Å². The molecule has 0 heterocycles. The molecule has 0 aromatic carbocycles. The fraction of sp³-hybridized carbons (Fsp3) is 0.929. The molecular formula is C14H28N2O3. The Morgan fingerprint density at radius 3 is 2.84 bits per heavy atom. The van der Waals surface area contributed by atoms with Crippen LogP contribution in [0.15, 0.2) is 0 Å². The van der Waals surface area contributed by atoms with Crippen molar-refractivity contribution in [1.82, 2.24) is 10.6 Å². The molecule has 112 valence electrons. The van der Waals surface area contributed by atoms with Gasteiger partial charge >= 0.3 is 0 Å². The fourth-order valence-corrected chi connectivity index (χ4v) is 2.62. The van der Waals surface area contributed by atoms with E-state index in [4.69, 9.17) is 4.74 Å². The minimum absolute atomic E-state index is 0.0367. The van der Waals surface area contributed by atoms with E-state index in [1.807, 2.05) is 6.92 Å².